The second kappa shape index (κ2) is 5.65. The average Bonchev–Trinajstić information content (AvgIpc) is 2.90. The van der Waals surface area contributed by atoms with E-state index in [9.17, 15) is 0 Å². The first-order chi connectivity index (χ1) is 9.78. The molecule has 3 atom stereocenters. The van der Waals surface area contributed by atoms with E-state index in [1.54, 1.807) is 7.11 Å². The normalized spacial score (nSPS) is 25.6. The summed E-state index contributed by atoms with van der Waals surface area (Å²) in [6, 6.07) is 18.6. The van der Waals surface area contributed by atoms with Crippen LogP contribution in [0.2, 0.25) is 0 Å². The molecule has 3 rings (SSSR count). The Hall–Kier alpha value is -1.84. The smallest absolute Gasteiger partial charge is 0.135 e. The van der Waals surface area contributed by atoms with E-state index in [4.69, 9.17) is 9.47 Å². The van der Waals surface area contributed by atoms with Crippen LogP contribution in [-0.2, 0) is 4.74 Å². The molecule has 1 saturated heterocycles. The van der Waals surface area contributed by atoms with Gasteiger partial charge in [-0.25, -0.2) is 0 Å². The van der Waals surface area contributed by atoms with E-state index in [0.29, 0.717) is 0 Å². The molecular weight excluding hydrogens is 250 g/mol. The highest BCUT2D eigenvalue weighted by molar-refractivity contribution is 5.29. The summed E-state index contributed by atoms with van der Waals surface area (Å²) in [5.74, 6) is 0.861. The molecule has 20 heavy (non-hydrogen) atoms. The maximum absolute atomic E-state index is 6.17. The first-order valence-corrected chi connectivity index (χ1v) is 6.88. The van der Waals surface area contributed by atoms with Gasteiger partial charge in [0.25, 0.3) is 0 Å². The minimum atomic E-state index is -0.0684. The molecule has 2 aromatic rings. The molecule has 0 spiro atoms. The first kappa shape index (κ1) is 13.2. The van der Waals surface area contributed by atoms with Gasteiger partial charge in [0, 0.05) is 6.04 Å². The zero-order valence-electron chi connectivity index (χ0n) is 11.7. The van der Waals surface area contributed by atoms with Gasteiger partial charge in [-0.2, -0.15) is 0 Å². The van der Waals surface area contributed by atoms with Crippen LogP contribution in [0, 0.1) is 0 Å². The van der Waals surface area contributed by atoms with Gasteiger partial charge in [-0.1, -0.05) is 42.5 Å². The number of hydrogen-bond acceptors (Lipinski definition) is 3. The van der Waals surface area contributed by atoms with Crippen molar-refractivity contribution < 1.29 is 9.47 Å². The third-order valence-electron chi connectivity index (χ3n) is 3.70. The van der Waals surface area contributed by atoms with Gasteiger partial charge in [-0.3, -0.25) is 5.32 Å². The van der Waals surface area contributed by atoms with Gasteiger partial charge in [-0.05, 0) is 30.2 Å². The lowest BCUT2D eigenvalue weighted by atomic mass is 10.0. The Labute approximate surface area is 119 Å². The number of nitrogens with one attached hydrogen (secondary N) is 1. The van der Waals surface area contributed by atoms with Crippen molar-refractivity contribution in [3.8, 4) is 5.75 Å². The Kier molecular flexibility index (Phi) is 3.72. The summed E-state index contributed by atoms with van der Waals surface area (Å²) < 4.78 is 11.3. The van der Waals surface area contributed by atoms with Crippen LogP contribution < -0.4 is 10.1 Å². The molecule has 0 bridgehead atoms. The number of benzene rings is 2. The lowest BCUT2D eigenvalue weighted by Crippen LogP contribution is -2.23. The summed E-state index contributed by atoms with van der Waals surface area (Å²) in [7, 11) is 1.67. The van der Waals surface area contributed by atoms with Gasteiger partial charge in [0.15, 0.2) is 0 Å². The second-order valence-electron chi connectivity index (χ2n) is 5.08. The molecule has 3 heteroatoms. The first-order valence-electron chi connectivity index (χ1n) is 6.88. The summed E-state index contributed by atoms with van der Waals surface area (Å²) in [5.41, 5.74) is 2.33. The van der Waals surface area contributed by atoms with E-state index < -0.39 is 0 Å². The maximum Gasteiger partial charge on any atom is 0.135 e. The summed E-state index contributed by atoms with van der Waals surface area (Å²) >= 11 is 0. The number of ether oxygens (including phenoxy) is 2. The molecule has 0 aliphatic carbocycles. The molecule has 0 amide bonds. The van der Waals surface area contributed by atoms with E-state index >= 15 is 0 Å². The third-order valence-corrected chi connectivity index (χ3v) is 3.70. The Morgan fingerprint density at radius 3 is 2.30 bits per heavy atom. The quantitative estimate of drug-likeness (QED) is 0.926. The van der Waals surface area contributed by atoms with Crippen LogP contribution in [0.25, 0.3) is 0 Å². The van der Waals surface area contributed by atoms with Crippen LogP contribution in [0.4, 0.5) is 0 Å². The molecule has 1 aliphatic heterocycles. The predicted octanol–water partition coefficient (Wildman–Crippen LogP) is 3.44. The van der Waals surface area contributed by atoms with Gasteiger partial charge in [0.2, 0.25) is 0 Å². The summed E-state index contributed by atoms with van der Waals surface area (Å²) in [4.78, 5) is 0. The molecule has 1 aliphatic rings. The maximum atomic E-state index is 6.17. The summed E-state index contributed by atoms with van der Waals surface area (Å²) in [6.45, 7) is 2.15. The van der Waals surface area contributed by atoms with E-state index in [1.165, 1.54) is 5.56 Å². The zero-order chi connectivity index (χ0) is 13.9. The van der Waals surface area contributed by atoms with Crippen LogP contribution in [0.1, 0.15) is 30.4 Å². The highest BCUT2D eigenvalue weighted by Crippen LogP contribution is 2.35. The predicted molar refractivity (Wildman–Crippen MR) is 78.6 cm³/mol. The molecule has 1 N–H and O–H groups in total. The van der Waals surface area contributed by atoms with Crippen molar-refractivity contribution in [2.45, 2.75) is 25.3 Å². The molecule has 3 nitrogen and oxygen atoms in total. The van der Waals surface area contributed by atoms with Crippen LogP contribution in [0.3, 0.4) is 0 Å². The Bertz CT molecular complexity index is 553. The van der Waals surface area contributed by atoms with Crippen molar-refractivity contribution in [2.75, 3.05) is 7.11 Å². The van der Waals surface area contributed by atoms with Gasteiger partial charge in [-0.15, -0.1) is 0 Å². The van der Waals surface area contributed by atoms with Crippen LogP contribution in [-0.4, -0.2) is 13.2 Å². The fourth-order valence-electron chi connectivity index (χ4n) is 2.59. The third kappa shape index (κ3) is 2.55. The molecule has 2 aromatic carbocycles. The summed E-state index contributed by atoms with van der Waals surface area (Å²) in [5, 5.41) is 3.49. The monoisotopic (exact) mass is 269 g/mol. The number of rotatable bonds is 3. The van der Waals surface area contributed by atoms with Crippen molar-refractivity contribution in [2.24, 2.45) is 0 Å². The minimum absolute atomic E-state index is 0.0684. The Morgan fingerprint density at radius 2 is 1.65 bits per heavy atom. The number of hydrogen-bond donors (Lipinski definition) is 1. The van der Waals surface area contributed by atoms with Crippen molar-refractivity contribution in [1.82, 2.24) is 5.32 Å². The number of methoxy groups -OCH3 is 1. The SMILES string of the molecule is COc1ccc([C@@H]2N[C@H](C)[C@@H](c3ccccc3)O2)cc1. The zero-order valence-corrected chi connectivity index (χ0v) is 11.7. The molecule has 0 saturated carbocycles. The molecule has 0 unspecified atom stereocenters. The van der Waals surface area contributed by atoms with Crippen molar-refractivity contribution >= 4 is 0 Å². The van der Waals surface area contributed by atoms with Crippen LogP contribution in [0.15, 0.2) is 54.6 Å². The molecule has 104 valence electrons. The fraction of sp³-hybridized carbons (Fsp3) is 0.294. The fourth-order valence-corrected chi connectivity index (χ4v) is 2.59. The van der Waals surface area contributed by atoms with Crippen LogP contribution >= 0.6 is 0 Å². The molecule has 1 fully saturated rings. The topological polar surface area (TPSA) is 30.5 Å². The Morgan fingerprint density at radius 1 is 0.950 bits per heavy atom. The van der Waals surface area contributed by atoms with Crippen molar-refractivity contribution in [3.05, 3.63) is 65.7 Å². The lowest BCUT2D eigenvalue weighted by Gasteiger charge is -2.14. The van der Waals surface area contributed by atoms with Gasteiger partial charge >= 0.3 is 0 Å². The molecule has 0 radical (unpaired) electrons. The molecule has 1 heterocycles. The van der Waals surface area contributed by atoms with E-state index in [-0.39, 0.29) is 18.4 Å². The molecular formula is C17H19NO2. The highest BCUT2D eigenvalue weighted by Gasteiger charge is 2.33. The van der Waals surface area contributed by atoms with E-state index in [2.05, 4.69) is 24.4 Å². The second-order valence-corrected chi connectivity index (χ2v) is 5.08. The largest absolute Gasteiger partial charge is 0.497 e. The van der Waals surface area contributed by atoms with Crippen molar-refractivity contribution in [3.63, 3.8) is 0 Å². The van der Waals surface area contributed by atoms with Gasteiger partial charge in [0.1, 0.15) is 18.1 Å². The average molecular weight is 269 g/mol. The van der Waals surface area contributed by atoms with Gasteiger partial charge in [0.05, 0.1) is 7.11 Å². The summed E-state index contributed by atoms with van der Waals surface area (Å²) in [6.07, 6.45) is 0.0180. The van der Waals surface area contributed by atoms with Crippen molar-refractivity contribution in [1.29, 1.82) is 0 Å². The minimum Gasteiger partial charge on any atom is -0.497 e. The van der Waals surface area contributed by atoms with E-state index in [1.807, 2.05) is 42.5 Å². The standard InChI is InChI=1S/C17H19NO2/c1-12-16(13-6-4-3-5-7-13)20-17(18-12)14-8-10-15(19-2)11-9-14/h3-12,16-18H,1-2H3/t12-,16+,17-/m1/s1. The molecule has 0 aromatic heterocycles. The Balaban J connectivity index is 1.77. The lowest BCUT2D eigenvalue weighted by molar-refractivity contribution is 0.0363. The van der Waals surface area contributed by atoms with Crippen LogP contribution in [0.5, 0.6) is 5.75 Å². The van der Waals surface area contributed by atoms with Gasteiger partial charge < -0.3 is 9.47 Å². The highest BCUT2D eigenvalue weighted by atomic mass is 16.5. The van der Waals surface area contributed by atoms with E-state index in [0.717, 1.165) is 11.3 Å².